The molecule has 0 radical (unpaired) electrons. The molecule has 0 spiro atoms. The molecule has 2 heterocycles. The SMILES string of the molecule is CCN(C)c1ccc2c(n1)C(C)CN(C(=O)OC(C)(C)C)CC2. The Hall–Kier alpha value is -1.78. The molecule has 1 aromatic heterocycles. The van der Waals surface area contributed by atoms with Crippen LogP contribution in [0.4, 0.5) is 10.6 Å². The molecule has 0 aliphatic carbocycles. The van der Waals surface area contributed by atoms with Crippen LogP contribution in [0.2, 0.25) is 0 Å². The van der Waals surface area contributed by atoms with Crippen LogP contribution in [0.15, 0.2) is 12.1 Å². The van der Waals surface area contributed by atoms with E-state index >= 15 is 0 Å². The smallest absolute Gasteiger partial charge is 0.410 e. The Morgan fingerprint density at radius 1 is 1.43 bits per heavy atom. The summed E-state index contributed by atoms with van der Waals surface area (Å²) < 4.78 is 5.52. The Morgan fingerprint density at radius 2 is 2.13 bits per heavy atom. The molecule has 1 aliphatic rings. The lowest BCUT2D eigenvalue weighted by molar-refractivity contribution is 0.0248. The van der Waals surface area contributed by atoms with Crippen molar-refractivity contribution in [2.75, 3.05) is 31.6 Å². The maximum absolute atomic E-state index is 12.4. The molecule has 5 nitrogen and oxygen atoms in total. The number of hydrogen-bond donors (Lipinski definition) is 0. The second-order valence-corrected chi connectivity index (χ2v) is 7.31. The molecule has 5 heteroatoms. The van der Waals surface area contributed by atoms with Crippen molar-refractivity contribution in [2.45, 2.75) is 52.6 Å². The van der Waals surface area contributed by atoms with E-state index in [9.17, 15) is 4.79 Å². The first-order valence-corrected chi connectivity index (χ1v) is 8.40. The van der Waals surface area contributed by atoms with Crippen LogP contribution >= 0.6 is 0 Å². The number of fused-ring (bicyclic) bond motifs is 1. The molecule has 0 aromatic carbocycles. The van der Waals surface area contributed by atoms with Crippen LogP contribution in [-0.2, 0) is 11.2 Å². The summed E-state index contributed by atoms with van der Waals surface area (Å²) in [6.45, 7) is 12.2. The Bertz CT molecular complexity index is 566. The number of carbonyl (C=O) groups is 1. The number of ether oxygens (including phenoxy) is 1. The molecule has 1 aliphatic heterocycles. The second-order valence-electron chi connectivity index (χ2n) is 7.31. The van der Waals surface area contributed by atoms with Gasteiger partial charge in [-0.05, 0) is 45.7 Å². The number of anilines is 1. The molecule has 1 amide bonds. The molecule has 1 aromatic rings. The zero-order valence-corrected chi connectivity index (χ0v) is 15.2. The van der Waals surface area contributed by atoms with Crippen LogP contribution in [0.1, 0.15) is 51.8 Å². The highest BCUT2D eigenvalue weighted by Crippen LogP contribution is 2.26. The Balaban J connectivity index is 2.18. The summed E-state index contributed by atoms with van der Waals surface area (Å²) >= 11 is 0. The zero-order valence-electron chi connectivity index (χ0n) is 15.2. The van der Waals surface area contributed by atoms with Crippen LogP contribution in [0, 0.1) is 0 Å². The fraction of sp³-hybridized carbons (Fsp3) is 0.667. The standard InChI is InChI=1S/C18H29N3O2/c1-7-20(6)15-9-8-14-10-11-21(12-13(2)16(14)19-15)17(22)23-18(3,4)5/h8-9,13H,7,10-12H2,1-6H3. The van der Waals surface area contributed by atoms with Gasteiger partial charge in [0.05, 0.1) is 5.69 Å². The third kappa shape index (κ3) is 4.36. The molecular weight excluding hydrogens is 290 g/mol. The normalized spacial score (nSPS) is 18.2. The van der Waals surface area contributed by atoms with Crippen molar-refractivity contribution in [1.82, 2.24) is 9.88 Å². The first-order chi connectivity index (χ1) is 10.7. The van der Waals surface area contributed by atoms with Crippen molar-refractivity contribution in [3.63, 3.8) is 0 Å². The van der Waals surface area contributed by atoms with E-state index in [1.54, 1.807) is 4.90 Å². The molecular formula is C18H29N3O2. The summed E-state index contributed by atoms with van der Waals surface area (Å²) in [6, 6.07) is 4.22. The van der Waals surface area contributed by atoms with Gasteiger partial charge in [-0.3, -0.25) is 0 Å². The van der Waals surface area contributed by atoms with E-state index in [0.717, 1.165) is 24.5 Å². The van der Waals surface area contributed by atoms with Gasteiger partial charge in [-0.2, -0.15) is 0 Å². The second kappa shape index (κ2) is 6.77. The van der Waals surface area contributed by atoms with E-state index in [1.165, 1.54) is 5.56 Å². The minimum atomic E-state index is -0.464. The molecule has 0 bridgehead atoms. The van der Waals surface area contributed by atoms with Gasteiger partial charge in [-0.25, -0.2) is 9.78 Å². The zero-order chi connectivity index (χ0) is 17.2. The monoisotopic (exact) mass is 319 g/mol. The number of amides is 1. The quantitative estimate of drug-likeness (QED) is 0.838. The minimum Gasteiger partial charge on any atom is -0.444 e. The molecule has 1 atom stereocenters. The number of carbonyl (C=O) groups excluding carboxylic acids is 1. The fourth-order valence-corrected chi connectivity index (χ4v) is 2.76. The predicted octanol–water partition coefficient (Wildman–Crippen LogP) is 3.43. The van der Waals surface area contributed by atoms with Crippen LogP contribution in [0.3, 0.4) is 0 Å². The molecule has 0 saturated heterocycles. The largest absolute Gasteiger partial charge is 0.444 e. The van der Waals surface area contributed by atoms with Gasteiger partial charge in [0.15, 0.2) is 0 Å². The molecule has 23 heavy (non-hydrogen) atoms. The summed E-state index contributed by atoms with van der Waals surface area (Å²) in [7, 11) is 2.04. The lowest BCUT2D eigenvalue weighted by Gasteiger charge is -2.27. The highest BCUT2D eigenvalue weighted by Gasteiger charge is 2.28. The van der Waals surface area contributed by atoms with E-state index in [-0.39, 0.29) is 12.0 Å². The lowest BCUT2D eigenvalue weighted by atomic mass is 10.0. The van der Waals surface area contributed by atoms with E-state index < -0.39 is 5.60 Å². The van der Waals surface area contributed by atoms with E-state index in [2.05, 4.69) is 30.9 Å². The highest BCUT2D eigenvalue weighted by molar-refractivity contribution is 5.68. The fourth-order valence-electron chi connectivity index (χ4n) is 2.76. The minimum absolute atomic E-state index is 0.199. The molecule has 0 saturated carbocycles. The number of hydrogen-bond acceptors (Lipinski definition) is 4. The van der Waals surface area contributed by atoms with Gasteiger partial charge in [-0.1, -0.05) is 13.0 Å². The van der Waals surface area contributed by atoms with Crippen molar-refractivity contribution >= 4 is 11.9 Å². The highest BCUT2D eigenvalue weighted by atomic mass is 16.6. The molecule has 0 N–H and O–H groups in total. The maximum atomic E-state index is 12.4. The van der Waals surface area contributed by atoms with Gasteiger partial charge >= 0.3 is 6.09 Å². The van der Waals surface area contributed by atoms with E-state index in [4.69, 9.17) is 9.72 Å². The maximum Gasteiger partial charge on any atom is 0.410 e. The van der Waals surface area contributed by atoms with Crippen LogP contribution in [-0.4, -0.2) is 48.3 Å². The van der Waals surface area contributed by atoms with Crippen molar-refractivity contribution in [2.24, 2.45) is 0 Å². The van der Waals surface area contributed by atoms with E-state index in [0.29, 0.717) is 13.1 Å². The van der Waals surface area contributed by atoms with Gasteiger partial charge < -0.3 is 14.5 Å². The van der Waals surface area contributed by atoms with Crippen LogP contribution < -0.4 is 4.90 Å². The lowest BCUT2D eigenvalue weighted by Crippen LogP contribution is -2.38. The van der Waals surface area contributed by atoms with Gasteiger partial charge in [0.2, 0.25) is 0 Å². The van der Waals surface area contributed by atoms with Gasteiger partial charge in [-0.15, -0.1) is 0 Å². The Morgan fingerprint density at radius 3 is 2.74 bits per heavy atom. The number of pyridine rings is 1. The number of rotatable bonds is 2. The van der Waals surface area contributed by atoms with Crippen LogP contribution in [0.25, 0.3) is 0 Å². The number of aromatic nitrogens is 1. The average molecular weight is 319 g/mol. The third-order valence-electron chi connectivity index (χ3n) is 4.13. The molecule has 2 rings (SSSR count). The van der Waals surface area contributed by atoms with Gasteiger partial charge in [0.25, 0.3) is 0 Å². The van der Waals surface area contributed by atoms with E-state index in [1.807, 2.05) is 27.8 Å². The number of nitrogens with zero attached hydrogens (tertiary/aromatic N) is 3. The first-order valence-electron chi connectivity index (χ1n) is 8.40. The summed E-state index contributed by atoms with van der Waals surface area (Å²) in [6.07, 6.45) is 0.588. The summed E-state index contributed by atoms with van der Waals surface area (Å²) in [5.41, 5.74) is 1.88. The first kappa shape index (κ1) is 17.6. The van der Waals surface area contributed by atoms with Crippen molar-refractivity contribution in [3.8, 4) is 0 Å². The summed E-state index contributed by atoms with van der Waals surface area (Å²) in [5, 5.41) is 0. The molecule has 1 unspecified atom stereocenters. The van der Waals surface area contributed by atoms with Crippen molar-refractivity contribution in [1.29, 1.82) is 0 Å². The van der Waals surface area contributed by atoms with Gasteiger partial charge in [0.1, 0.15) is 11.4 Å². The van der Waals surface area contributed by atoms with Crippen LogP contribution in [0.5, 0.6) is 0 Å². The predicted molar refractivity (Wildman–Crippen MR) is 93.1 cm³/mol. The average Bonchev–Trinajstić information content (AvgIpc) is 2.64. The van der Waals surface area contributed by atoms with Crippen molar-refractivity contribution < 1.29 is 9.53 Å². The van der Waals surface area contributed by atoms with Crippen molar-refractivity contribution in [3.05, 3.63) is 23.4 Å². The Kier molecular flexibility index (Phi) is 5.17. The molecule has 128 valence electrons. The summed E-state index contributed by atoms with van der Waals surface area (Å²) in [4.78, 5) is 21.1. The topological polar surface area (TPSA) is 45.7 Å². The Labute approximate surface area is 139 Å². The third-order valence-corrected chi connectivity index (χ3v) is 4.13. The molecule has 0 fully saturated rings. The van der Waals surface area contributed by atoms with Gasteiger partial charge in [0, 0.05) is 32.6 Å². The summed E-state index contributed by atoms with van der Waals surface area (Å²) in [5.74, 6) is 1.19.